The molecule has 0 aliphatic carbocycles. The highest BCUT2D eigenvalue weighted by atomic mass is 32.1. The first-order chi connectivity index (χ1) is 10.5. The van der Waals surface area contributed by atoms with E-state index < -0.39 is 17.5 Å². The van der Waals surface area contributed by atoms with Crippen LogP contribution in [0.3, 0.4) is 0 Å². The Balaban J connectivity index is 1.94. The van der Waals surface area contributed by atoms with Gasteiger partial charge in [-0.2, -0.15) is 0 Å². The molecular formula is C15H13NO5S. The average molecular weight is 319 g/mol. The molecule has 7 heteroatoms. The molecular weight excluding hydrogens is 306 g/mol. The lowest BCUT2D eigenvalue weighted by atomic mass is 10.1. The van der Waals surface area contributed by atoms with Crippen molar-refractivity contribution in [2.75, 3.05) is 6.61 Å². The number of thiophene rings is 1. The van der Waals surface area contributed by atoms with Crippen LogP contribution in [0.2, 0.25) is 0 Å². The minimum Gasteiger partial charge on any atom is -0.453 e. The van der Waals surface area contributed by atoms with E-state index in [0.29, 0.717) is 16.9 Å². The quantitative estimate of drug-likeness (QED) is 0.353. The van der Waals surface area contributed by atoms with E-state index in [2.05, 4.69) is 0 Å². The third-order valence-electron chi connectivity index (χ3n) is 2.99. The van der Waals surface area contributed by atoms with Crippen LogP contribution in [0.4, 0.5) is 5.00 Å². The van der Waals surface area contributed by atoms with Crippen LogP contribution in [-0.2, 0) is 11.2 Å². The number of aryl methyl sites for hydroxylation is 1. The largest absolute Gasteiger partial charge is 0.453 e. The molecule has 0 radical (unpaired) electrons. The number of hydrogen-bond donors (Lipinski definition) is 0. The van der Waals surface area contributed by atoms with E-state index in [0.717, 1.165) is 12.0 Å². The molecule has 22 heavy (non-hydrogen) atoms. The fraction of sp³-hybridized carbons (Fsp3) is 0.200. The van der Waals surface area contributed by atoms with Gasteiger partial charge in [-0.3, -0.25) is 14.9 Å². The number of carbonyl (C=O) groups excluding carboxylic acids is 2. The number of ether oxygens (including phenoxy) is 1. The molecule has 6 nitrogen and oxygen atoms in total. The maximum atomic E-state index is 11.9. The number of esters is 1. The summed E-state index contributed by atoms with van der Waals surface area (Å²) in [7, 11) is 0. The van der Waals surface area contributed by atoms with Crippen molar-refractivity contribution in [3.63, 3.8) is 0 Å². The van der Waals surface area contributed by atoms with Crippen molar-refractivity contribution >= 4 is 28.1 Å². The first-order valence-corrected chi connectivity index (χ1v) is 7.36. The molecule has 0 saturated carbocycles. The first-order valence-electron chi connectivity index (χ1n) is 6.54. The van der Waals surface area contributed by atoms with Gasteiger partial charge in [0.1, 0.15) is 4.88 Å². The molecule has 0 N–H and O–H groups in total. The van der Waals surface area contributed by atoms with Gasteiger partial charge in [0.25, 0.3) is 0 Å². The Morgan fingerprint density at radius 3 is 2.41 bits per heavy atom. The van der Waals surface area contributed by atoms with Gasteiger partial charge in [-0.25, -0.2) is 4.79 Å². The first kappa shape index (κ1) is 15.8. The summed E-state index contributed by atoms with van der Waals surface area (Å²) in [5.41, 5.74) is 1.57. The smallest absolute Gasteiger partial charge is 0.349 e. The number of nitrogens with zero attached hydrogens (tertiary/aromatic N) is 1. The van der Waals surface area contributed by atoms with Gasteiger partial charge in [0.15, 0.2) is 12.4 Å². The second-order valence-corrected chi connectivity index (χ2v) is 5.51. The minimum atomic E-state index is -0.739. The van der Waals surface area contributed by atoms with Crippen molar-refractivity contribution in [3.05, 3.63) is 62.5 Å². The van der Waals surface area contributed by atoms with E-state index in [-0.39, 0.29) is 15.7 Å². The Morgan fingerprint density at radius 2 is 1.86 bits per heavy atom. The standard InChI is InChI=1S/C15H13NO5S/c1-2-10-3-5-11(6-4-10)12(17)9-21-15(18)13-7-8-14(22-13)16(19)20/h3-8H,2,9H2,1H3. The van der Waals surface area contributed by atoms with Crippen LogP contribution < -0.4 is 0 Å². The molecule has 0 spiro atoms. The molecule has 0 fully saturated rings. The molecule has 0 bridgehead atoms. The highest BCUT2D eigenvalue weighted by Gasteiger charge is 2.17. The van der Waals surface area contributed by atoms with Crippen LogP contribution in [0.25, 0.3) is 0 Å². The summed E-state index contributed by atoms with van der Waals surface area (Å²) < 4.78 is 4.89. The van der Waals surface area contributed by atoms with E-state index in [1.807, 2.05) is 19.1 Å². The number of nitro groups is 1. The fourth-order valence-electron chi connectivity index (χ4n) is 1.75. The predicted octanol–water partition coefficient (Wildman–Crippen LogP) is 3.26. The molecule has 0 atom stereocenters. The molecule has 2 rings (SSSR count). The summed E-state index contributed by atoms with van der Waals surface area (Å²) in [6.45, 7) is 1.62. The van der Waals surface area contributed by atoms with Crippen molar-refractivity contribution in [2.45, 2.75) is 13.3 Å². The molecule has 1 heterocycles. The predicted molar refractivity (Wildman–Crippen MR) is 81.4 cm³/mol. The highest BCUT2D eigenvalue weighted by Crippen LogP contribution is 2.24. The monoisotopic (exact) mass is 319 g/mol. The maximum absolute atomic E-state index is 11.9. The summed E-state index contributed by atoms with van der Waals surface area (Å²) in [4.78, 5) is 33.7. The molecule has 1 aromatic carbocycles. The van der Waals surface area contributed by atoms with Gasteiger partial charge in [0, 0.05) is 11.6 Å². The Kier molecular flexibility index (Phi) is 5.00. The lowest BCUT2D eigenvalue weighted by Gasteiger charge is -2.03. The third kappa shape index (κ3) is 3.76. The van der Waals surface area contributed by atoms with Crippen LogP contribution in [0.5, 0.6) is 0 Å². The topological polar surface area (TPSA) is 86.5 Å². The van der Waals surface area contributed by atoms with Gasteiger partial charge in [0.2, 0.25) is 0 Å². The van der Waals surface area contributed by atoms with Crippen LogP contribution in [-0.4, -0.2) is 23.3 Å². The summed E-state index contributed by atoms with van der Waals surface area (Å²) in [5.74, 6) is -1.06. The Labute approximate surface area is 130 Å². The molecule has 1 aromatic heterocycles. The third-order valence-corrected chi connectivity index (χ3v) is 4.01. The lowest BCUT2D eigenvalue weighted by Crippen LogP contribution is -2.13. The molecule has 0 amide bonds. The Hall–Kier alpha value is -2.54. The summed E-state index contributed by atoms with van der Waals surface area (Å²) in [5, 5.41) is 10.4. The van der Waals surface area contributed by atoms with Crippen molar-refractivity contribution in [1.29, 1.82) is 0 Å². The summed E-state index contributed by atoms with van der Waals surface area (Å²) >= 11 is 0.717. The second kappa shape index (κ2) is 6.95. The number of rotatable bonds is 6. The van der Waals surface area contributed by atoms with Crippen LogP contribution in [0, 0.1) is 10.1 Å². The molecule has 114 valence electrons. The number of Topliss-reactive ketones (excluding diaryl/α,β-unsaturated/α-hetero) is 1. The van der Waals surface area contributed by atoms with Gasteiger partial charge in [-0.05, 0) is 18.1 Å². The minimum absolute atomic E-state index is 0.0980. The molecule has 0 saturated heterocycles. The van der Waals surface area contributed by atoms with Crippen LogP contribution in [0.15, 0.2) is 36.4 Å². The van der Waals surface area contributed by atoms with Gasteiger partial charge in [0.05, 0.1) is 4.92 Å². The van der Waals surface area contributed by atoms with E-state index in [1.165, 1.54) is 12.1 Å². The molecule has 0 unspecified atom stereocenters. The Morgan fingerprint density at radius 1 is 1.18 bits per heavy atom. The summed E-state index contributed by atoms with van der Waals surface area (Å²) in [6.07, 6.45) is 0.876. The normalized spacial score (nSPS) is 10.2. The summed E-state index contributed by atoms with van der Waals surface area (Å²) in [6, 6.07) is 9.60. The van der Waals surface area contributed by atoms with Crippen molar-refractivity contribution in [2.24, 2.45) is 0 Å². The zero-order valence-corrected chi connectivity index (χ0v) is 12.6. The number of benzene rings is 1. The number of carbonyl (C=O) groups is 2. The SMILES string of the molecule is CCc1ccc(C(=O)COC(=O)c2ccc([N+](=O)[O-])s2)cc1. The van der Waals surface area contributed by atoms with Gasteiger partial charge in [-0.15, -0.1) is 0 Å². The van der Waals surface area contributed by atoms with Crippen molar-refractivity contribution in [3.8, 4) is 0 Å². The zero-order chi connectivity index (χ0) is 16.1. The number of hydrogen-bond acceptors (Lipinski definition) is 6. The zero-order valence-electron chi connectivity index (χ0n) is 11.8. The van der Waals surface area contributed by atoms with Gasteiger partial charge in [-0.1, -0.05) is 42.5 Å². The van der Waals surface area contributed by atoms with E-state index in [4.69, 9.17) is 4.74 Å². The molecule has 0 aliphatic rings. The van der Waals surface area contributed by atoms with Gasteiger partial charge >= 0.3 is 11.0 Å². The average Bonchev–Trinajstić information content (AvgIpc) is 3.02. The maximum Gasteiger partial charge on any atom is 0.349 e. The number of ketones is 1. The van der Waals surface area contributed by atoms with Crippen LogP contribution in [0.1, 0.15) is 32.5 Å². The molecule has 0 aliphatic heterocycles. The van der Waals surface area contributed by atoms with Crippen molar-refractivity contribution < 1.29 is 19.2 Å². The van der Waals surface area contributed by atoms with Crippen molar-refractivity contribution in [1.82, 2.24) is 0 Å². The fourth-order valence-corrected chi connectivity index (χ4v) is 2.46. The lowest BCUT2D eigenvalue weighted by molar-refractivity contribution is -0.380. The van der Waals surface area contributed by atoms with Gasteiger partial charge < -0.3 is 4.74 Å². The Bertz CT molecular complexity index is 705. The van der Waals surface area contributed by atoms with Crippen LogP contribution >= 0.6 is 11.3 Å². The van der Waals surface area contributed by atoms with E-state index >= 15 is 0 Å². The van der Waals surface area contributed by atoms with E-state index in [1.54, 1.807) is 12.1 Å². The highest BCUT2D eigenvalue weighted by molar-refractivity contribution is 7.17. The second-order valence-electron chi connectivity index (χ2n) is 4.44. The molecule has 2 aromatic rings. The van der Waals surface area contributed by atoms with E-state index in [9.17, 15) is 19.7 Å².